The normalized spacial score (nSPS) is 15.6. The Morgan fingerprint density at radius 2 is 1.90 bits per heavy atom. The molecule has 0 spiro atoms. The Morgan fingerprint density at radius 1 is 1.17 bits per heavy atom. The van der Waals surface area contributed by atoms with Crippen molar-refractivity contribution < 1.29 is 17.9 Å². The summed E-state index contributed by atoms with van der Waals surface area (Å²) in [5, 5.41) is 2.29. The van der Waals surface area contributed by atoms with Crippen molar-refractivity contribution in [1.82, 2.24) is 14.1 Å². The maximum Gasteiger partial charge on any atom is 0.252 e. The number of halogens is 1. The van der Waals surface area contributed by atoms with Gasteiger partial charge in [-0.2, -0.15) is 4.31 Å². The zero-order valence-electron chi connectivity index (χ0n) is 16.2. The van der Waals surface area contributed by atoms with Crippen molar-refractivity contribution in [3.63, 3.8) is 0 Å². The molecule has 0 unspecified atom stereocenters. The molecule has 0 saturated carbocycles. The number of para-hydroxylation sites is 1. The first-order valence-corrected chi connectivity index (χ1v) is 11.9. The van der Waals surface area contributed by atoms with E-state index in [-0.39, 0.29) is 16.7 Å². The van der Waals surface area contributed by atoms with E-state index in [4.69, 9.17) is 16.3 Å². The van der Waals surface area contributed by atoms with Gasteiger partial charge in [-0.3, -0.25) is 9.69 Å². The lowest BCUT2D eigenvalue weighted by Gasteiger charge is -2.35. The number of carbonyl (C=O) groups is 1. The quantitative estimate of drug-likeness (QED) is 0.608. The number of carbonyl (C=O) groups excluding carboxylic acids is 1. The standard InChI is InChI=1S/C19H24ClN3O4S2/c1-21(29(25,26)19-7-4-14-28-19)15-18(24)23-10-8-22(9-11-23)12-13-27-17-6-3-2-5-16(17)20/h2-7,14H,8-13,15H2,1H3. The average Bonchev–Trinajstić information content (AvgIpc) is 3.25. The first-order valence-electron chi connectivity index (χ1n) is 9.25. The van der Waals surface area contributed by atoms with E-state index in [2.05, 4.69) is 4.90 Å². The first kappa shape index (κ1) is 22.0. The highest BCUT2D eigenvalue weighted by Gasteiger charge is 2.27. The van der Waals surface area contributed by atoms with Crippen molar-refractivity contribution in [3.05, 3.63) is 46.8 Å². The number of nitrogens with zero attached hydrogens (tertiary/aromatic N) is 3. The molecular formula is C19H24ClN3O4S2. The van der Waals surface area contributed by atoms with Crippen LogP contribution in [0.25, 0.3) is 0 Å². The van der Waals surface area contributed by atoms with Gasteiger partial charge in [0, 0.05) is 39.8 Å². The predicted molar refractivity (Wildman–Crippen MR) is 114 cm³/mol. The number of likely N-dealkylation sites (N-methyl/N-ethyl adjacent to an activating group) is 1. The molecule has 1 amide bonds. The second-order valence-electron chi connectivity index (χ2n) is 6.69. The highest BCUT2D eigenvalue weighted by Crippen LogP contribution is 2.23. The molecule has 0 aliphatic carbocycles. The van der Waals surface area contributed by atoms with Gasteiger partial charge in [0.25, 0.3) is 10.0 Å². The third-order valence-electron chi connectivity index (χ3n) is 4.74. The minimum atomic E-state index is -3.62. The number of ether oxygens (including phenoxy) is 1. The Kier molecular flexibility index (Phi) is 7.53. The molecule has 7 nitrogen and oxygen atoms in total. The highest BCUT2D eigenvalue weighted by atomic mass is 35.5. The van der Waals surface area contributed by atoms with E-state index in [1.165, 1.54) is 7.05 Å². The molecule has 0 radical (unpaired) electrons. The van der Waals surface area contributed by atoms with Crippen LogP contribution in [0.1, 0.15) is 0 Å². The lowest BCUT2D eigenvalue weighted by atomic mass is 10.3. The van der Waals surface area contributed by atoms with E-state index in [1.807, 2.05) is 18.2 Å². The molecule has 1 aliphatic heterocycles. The summed E-state index contributed by atoms with van der Waals surface area (Å²) >= 11 is 7.22. The Labute approximate surface area is 180 Å². The maximum atomic E-state index is 12.5. The summed E-state index contributed by atoms with van der Waals surface area (Å²) in [4.78, 5) is 16.5. The van der Waals surface area contributed by atoms with E-state index in [0.29, 0.717) is 30.5 Å². The fraction of sp³-hybridized carbons (Fsp3) is 0.421. The van der Waals surface area contributed by atoms with Crippen LogP contribution in [0, 0.1) is 0 Å². The van der Waals surface area contributed by atoms with Gasteiger partial charge in [0.15, 0.2) is 0 Å². The number of sulfonamides is 1. The van der Waals surface area contributed by atoms with Crippen LogP contribution in [-0.4, -0.2) is 81.4 Å². The minimum absolute atomic E-state index is 0.157. The van der Waals surface area contributed by atoms with Gasteiger partial charge in [0.05, 0.1) is 11.6 Å². The molecular weight excluding hydrogens is 434 g/mol. The second kappa shape index (κ2) is 9.90. The smallest absolute Gasteiger partial charge is 0.252 e. The molecule has 3 rings (SSSR count). The number of rotatable bonds is 8. The highest BCUT2D eigenvalue weighted by molar-refractivity contribution is 7.91. The third-order valence-corrected chi connectivity index (χ3v) is 8.23. The second-order valence-corrected chi connectivity index (χ2v) is 10.3. The fourth-order valence-corrected chi connectivity index (χ4v) is 5.52. The summed E-state index contributed by atoms with van der Waals surface area (Å²) in [5.41, 5.74) is 0. The van der Waals surface area contributed by atoms with E-state index in [9.17, 15) is 13.2 Å². The zero-order chi connectivity index (χ0) is 20.9. The van der Waals surface area contributed by atoms with Crippen LogP contribution < -0.4 is 4.74 Å². The van der Waals surface area contributed by atoms with Gasteiger partial charge in [-0.05, 0) is 23.6 Å². The van der Waals surface area contributed by atoms with Crippen LogP contribution in [0.4, 0.5) is 0 Å². The summed E-state index contributed by atoms with van der Waals surface area (Å²) < 4.78 is 32.0. The molecule has 1 fully saturated rings. The molecule has 1 aliphatic rings. The topological polar surface area (TPSA) is 70.2 Å². The SMILES string of the molecule is CN(CC(=O)N1CCN(CCOc2ccccc2Cl)CC1)S(=O)(=O)c1cccs1. The van der Waals surface area contributed by atoms with E-state index < -0.39 is 10.0 Å². The molecule has 2 aromatic rings. The van der Waals surface area contributed by atoms with Crippen molar-refractivity contribution in [2.75, 3.05) is 52.9 Å². The van der Waals surface area contributed by atoms with Gasteiger partial charge < -0.3 is 9.64 Å². The van der Waals surface area contributed by atoms with Gasteiger partial charge in [-0.1, -0.05) is 29.8 Å². The van der Waals surface area contributed by atoms with Crippen LogP contribution >= 0.6 is 22.9 Å². The molecule has 1 saturated heterocycles. The summed E-state index contributed by atoms with van der Waals surface area (Å²) in [5.74, 6) is 0.484. The number of thiophene rings is 1. The maximum absolute atomic E-state index is 12.5. The number of benzene rings is 1. The number of hydrogen-bond acceptors (Lipinski definition) is 6. The van der Waals surface area contributed by atoms with Gasteiger partial charge in [0.1, 0.15) is 16.6 Å². The molecule has 29 heavy (non-hydrogen) atoms. The van der Waals surface area contributed by atoms with Crippen molar-refractivity contribution in [2.45, 2.75) is 4.21 Å². The minimum Gasteiger partial charge on any atom is -0.491 e. The number of amides is 1. The Balaban J connectivity index is 1.42. The number of hydrogen-bond donors (Lipinski definition) is 0. The molecule has 2 heterocycles. The summed E-state index contributed by atoms with van der Waals surface area (Å²) in [6.45, 7) is 3.67. The van der Waals surface area contributed by atoms with Crippen LogP contribution in [0.5, 0.6) is 5.75 Å². The van der Waals surface area contributed by atoms with E-state index in [0.717, 1.165) is 35.3 Å². The monoisotopic (exact) mass is 457 g/mol. The van der Waals surface area contributed by atoms with Crippen LogP contribution in [-0.2, 0) is 14.8 Å². The van der Waals surface area contributed by atoms with Crippen molar-refractivity contribution in [2.24, 2.45) is 0 Å². The molecule has 0 atom stereocenters. The fourth-order valence-electron chi connectivity index (χ4n) is 3.01. The molecule has 1 aromatic carbocycles. The molecule has 158 valence electrons. The predicted octanol–water partition coefficient (Wildman–Crippen LogP) is 2.25. The lowest BCUT2D eigenvalue weighted by molar-refractivity contribution is -0.133. The first-order chi connectivity index (χ1) is 13.9. The molecule has 1 aromatic heterocycles. The van der Waals surface area contributed by atoms with Gasteiger partial charge >= 0.3 is 0 Å². The molecule has 0 bridgehead atoms. The number of piperazine rings is 1. The average molecular weight is 458 g/mol. The van der Waals surface area contributed by atoms with Gasteiger partial charge in [-0.25, -0.2) is 8.42 Å². The van der Waals surface area contributed by atoms with Crippen molar-refractivity contribution >= 4 is 38.9 Å². The van der Waals surface area contributed by atoms with Crippen LogP contribution in [0.2, 0.25) is 5.02 Å². The molecule has 0 N–H and O–H groups in total. The zero-order valence-corrected chi connectivity index (χ0v) is 18.5. The van der Waals surface area contributed by atoms with Crippen molar-refractivity contribution in [3.8, 4) is 5.75 Å². The van der Waals surface area contributed by atoms with Crippen LogP contribution in [0.3, 0.4) is 0 Å². The molecule has 10 heteroatoms. The van der Waals surface area contributed by atoms with Gasteiger partial charge in [0.2, 0.25) is 5.91 Å². The summed E-state index contributed by atoms with van der Waals surface area (Å²) in [6.07, 6.45) is 0. The van der Waals surface area contributed by atoms with Crippen LogP contribution in [0.15, 0.2) is 46.0 Å². The largest absolute Gasteiger partial charge is 0.491 e. The Bertz CT molecular complexity index is 913. The Morgan fingerprint density at radius 3 is 2.55 bits per heavy atom. The third kappa shape index (κ3) is 5.70. The van der Waals surface area contributed by atoms with Gasteiger partial charge in [-0.15, -0.1) is 11.3 Å². The lowest BCUT2D eigenvalue weighted by Crippen LogP contribution is -2.51. The summed E-state index contributed by atoms with van der Waals surface area (Å²) in [7, 11) is -2.18. The van der Waals surface area contributed by atoms with Crippen molar-refractivity contribution in [1.29, 1.82) is 0 Å². The summed E-state index contributed by atoms with van der Waals surface area (Å²) in [6, 6.07) is 10.6. The Hall–Kier alpha value is -1.65. The van der Waals surface area contributed by atoms with E-state index in [1.54, 1.807) is 28.5 Å². The van der Waals surface area contributed by atoms with E-state index >= 15 is 0 Å².